The van der Waals surface area contributed by atoms with Crippen molar-refractivity contribution in [3.8, 4) is 0 Å². The van der Waals surface area contributed by atoms with Gasteiger partial charge in [-0.2, -0.15) is 0 Å². The molecule has 1 aliphatic heterocycles. The summed E-state index contributed by atoms with van der Waals surface area (Å²) in [6, 6.07) is 0.518. The highest BCUT2D eigenvalue weighted by Crippen LogP contribution is 2.14. The van der Waals surface area contributed by atoms with Gasteiger partial charge in [0.15, 0.2) is 0 Å². The van der Waals surface area contributed by atoms with Crippen LogP contribution in [0.5, 0.6) is 0 Å². The van der Waals surface area contributed by atoms with Crippen molar-refractivity contribution in [2.45, 2.75) is 135 Å². The molecule has 0 aromatic carbocycles. The molecule has 0 saturated carbocycles. The van der Waals surface area contributed by atoms with Crippen LogP contribution in [0.4, 0.5) is 0 Å². The second-order valence-electron chi connectivity index (χ2n) is 8.89. The van der Waals surface area contributed by atoms with Crippen molar-refractivity contribution in [1.29, 1.82) is 0 Å². The highest BCUT2D eigenvalue weighted by molar-refractivity contribution is 4.80. The van der Waals surface area contributed by atoms with Crippen molar-refractivity contribution in [3.63, 3.8) is 0 Å². The van der Waals surface area contributed by atoms with E-state index in [1.165, 1.54) is 103 Å². The molecule has 1 saturated heterocycles. The molecule has 2 N–H and O–H groups in total. The topological polar surface area (TPSA) is 33.3 Å². The highest BCUT2D eigenvalue weighted by atomic mass is 16.5. The average Bonchev–Trinajstić information content (AvgIpc) is 2.73. The summed E-state index contributed by atoms with van der Waals surface area (Å²) in [5.41, 5.74) is 0. The zero-order valence-electron chi connectivity index (χ0n) is 19.4. The van der Waals surface area contributed by atoms with Gasteiger partial charge in [0.25, 0.3) is 0 Å². The van der Waals surface area contributed by atoms with E-state index in [4.69, 9.17) is 4.74 Å². The van der Waals surface area contributed by atoms with Gasteiger partial charge in [0.2, 0.25) is 0 Å². The fourth-order valence-corrected chi connectivity index (χ4v) is 4.34. The van der Waals surface area contributed by atoms with Gasteiger partial charge in [-0.15, -0.1) is 0 Å². The molecule has 0 spiro atoms. The number of unbranched alkanes of at least 4 members (excludes halogenated alkanes) is 15. The molecule has 0 aromatic heterocycles. The number of morpholine rings is 1. The lowest BCUT2D eigenvalue weighted by atomic mass is 10.0. The predicted molar refractivity (Wildman–Crippen MR) is 124 cm³/mol. The maximum Gasteiger partial charge on any atom is 0.0852 e. The predicted octanol–water partition coefficient (Wildman–Crippen LogP) is 6.60. The lowest BCUT2D eigenvalue weighted by Crippen LogP contribution is -2.50. The molecule has 0 aromatic rings. The average molecular weight is 397 g/mol. The molecule has 3 nitrogen and oxygen atoms in total. The second kappa shape index (κ2) is 20.2. The first-order valence-corrected chi connectivity index (χ1v) is 12.9. The fourth-order valence-electron chi connectivity index (χ4n) is 4.34. The van der Waals surface area contributed by atoms with Gasteiger partial charge in [0.1, 0.15) is 0 Å². The van der Waals surface area contributed by atoms with E-state index in [0.29, 0.717) is 12.1 Å². The smallest absolute Gasteiger partial charge is 0.0852 e. The van der Waals surface area contributed by atoms with E-state index in [9.17, 15) is 0 Å². The van der Waals surface area contributed by atoms with E-state index in [0.717, 1.165) is 32.7 Å². The SMILES string of the molecule is CCCCCCCCCCCCCCCCCCNC(CC)C1CNCCO1. The van der Waals surface area contributed by atoms with Crippen molar-refractivity contribution in [3.05, 3.63) is 0 Å². The van der Waals surface area contributed by atoms with Crippen LogP contribution in [0, 0.1) is 0 Å². The molecular weight excluding hydrogens is 344 g/mol. The number of nitrogens with one attached hydrogen (secondary N) is 2. The number of ether oxygens (including phenoxy) is 1. The maximum atomic E-state index is 5.89. The Hall–Kier alpha value is -0.120. The fraction of sp³-hybridized carbons (Fsp3) is 1.00. The van der Waals surface area contributed by atoms with Crippen molar-refractivity contribution < 1.29 is 4.74 Å². The summed E-state index contributed by atoms with van der Waals surface area (Å²) in [7, 11) is 0. The van der Waals surface area contributed by atoms with Gasteiger partial charge >= 0.3 is 0 Å². The summed E-state index contributed by atoms with van der Waals surface area (Å²) >= 11 is 0. The molecule has 1 rings (SSSR count). The first-order valence-electron chi connectivity index (χ1n) is 12.9. The van der Waals surface area contributed by atoms with Crippen LogP contribution in [0.3, 0.4) is 0 Å². The first kappa shape index (κ1) is 25.9. The first-order chi connectivity index (χ1) is 13.9. The Morgan fingerprint density at radius 2 is 1.25 bits per heavy atom. The quantitative estimate of drug-likeness (QED) is 0.227. The molecule has 2 unspecified atom stereocenters. The minimum atomic E-state index is 0.361. The Kier molecular flexibility index (Phi) is 18.7. The molecule has 1 heterocycles. The second-order valence-corrected chi connectivity index (χ2v) is 8.89. The summed E-state index contributed by atoms with van der Waals surface area (Å²) in [4.78, 5) is 0. The van der Waals surface area contributed by atoms with Crippen LogP contribution in [0.2, 0.25) is 0 Å². The summed E-state index contributed by atoms with van der Waals surface area (Å²) in [6.07, 6.45) is 24.5. The summed E-state index contributed by atoms with van der Waals surface area (Å²) in [5.74, 6) is 0. The molecule has 0 amide bonds. The third kappa shape index (κ3) is 14.8. The van der Waals surface area contributed by atoms with Gasteiger partial charge in [-0.25, -0.2) is 0 Å². The van der Waals surface area contributed by atoms with Gasteiger partial charge in [-0.3, -0.25) is 0 Å². The molecule has 1 aliphatic rings. The van der Waals surface area contributed by atoms with Crippen LogP contribution in [-0.4, -0.2) is 38.4 Å². The van der Waals surface area contributed by atoms with Crippen LogP contribution in [0.25, 0.3) is 0 Å². The lowest BCUT2D eigenvalue weighted by molar-refractivity contribution is 0.00350. The van der Waals surface area contributed by atoms with E-state index in [-0.39, 0.29) is 0 Å². The Morgan fingerprint density at radius 1 is 0.750 bits per heavy atom. The molecule has 2 atom stereocenters. The molecule has 0 radical (unpaired) electrons. The zero-order valence-corrected chi connectivity index (χ0v) is 19.4. The Labute approximate surface area is 177 Å². The third-order valence-corrected chi connectivity index (χ3v) is 6.28. The van der Waals surface area contributed by atoms with Crippen LogP contribution in [0.1, 0.15) is 123 Å². The largest absolute Gasteiger partial charge is 0.374 e. The minimum Gasteiger partial charge on any atom is -0.374 e. The van der Waals surface area contributed by atoms with Gasteiger partial charge < -0.3 is 15.4 Å². The summed E-state index contributed by atoms with van der Waals surface area (Å²) in [6.45, 7) is 8.59. The monoisotopic (exact) mass is 396 g/mol. The zero-order chi connectivity index (χ0) is 20.1. The molecule has 1 fully saturated rings. The van der Waals surface area contributed by atoms with Crippen LogP contribution in [-0.2, 0) is 4.74 Å². The molecule has 3 heteroatoms. The standard InChI is InChI=1S/C25H52N2O/c1-3-5-6-7-8-9-10-11-12-13-14-15-16-17-18-19-20-27-24(4-2)25-23-26-21-22-28-25/h24-27H,3-23H2,1-2H3. The minimum absolute atomic E-state index is 0.361. The summed E-state index contributed by atoms with van der Waals surface area (Å²) in [5, 5.41) is 7.17. The van der Waals surface area contributed by atoms with Crippen molar-refractivity contribution >= 4 is 0 Å². The molecule has 0 bridgehead atoms. The van der Waals surface area contributed by atoms with E-state index in [1.807, 2.05) is 0 Å². The molecule has 28 heavy (non-hydrogen) atoms. The maximum absolute atomic E-state index is 5.89. The van der Waals surface area contributed by atoms with Gasteiger partial charge in [0.05, 0.1) is 12.7 Å². The Bertz CT molecular complexity index is 305. The number of hydrogen-bond acceptors (Lipinski definition) is 3. The number of hydrogen-bond donors (Lipinski definition) is 2. The van der Waals surface area contributed by atoms with Crippen molar-refractivity contribution in [2.75, 3.05) is 26.2 Å². The third-order valence-electron chi connectivity index (χ3n) is 6.28. The van der Waals surface area contributed by atoms with Crippen LogP contribution in [0.15, 0.2) is 0 Å². The van der Waals surface area contributed by atoms with E-state index in [1.54, 1.807) is 0 Å². The summed E-state index contributed by atoms with van der Waals surface area (Å²) < 4.78 is 5.89. The highest BCUT2D eigenvalue weighted by Gasteiger charge is 2.21. The molecule has 0 aliphatic carbocycles. The molecule has 168 valence electrons. The van der Waals surface area contributed by atoms with Crippen LogP contribution >= 0.6 is 0 Å². The van der Waals surface area contributed by atoms with Crippen LogP contribution < -0.4 is 10.6 Å². The van der Waals surface area contributed by atoms with Crippen molar-refractivity contribution in [1.82, 2.24) is 10.6 Å². The van der Waals surface area contributed by atoms with Gasteiger partial charge in [0, 0.05) is 19.1 Å². The van der Waals surface area contributed by atoms with Gasteiger partial charge in [-0.1, -0.05) is 110 Å². The lowest BCUT2D eigenvalue weighted by Gasteiger charge is -2.31. The molecular formula is C25H52N2O. The Morgan fingerprint density at radius 3 is 1.68 bits per heavy atom. The number of rotatable bonds is 20. The normalized spacial score (nSPS) is 18.4. The van der Waals surface area contributed by atoms with E-state index < -0.39 is 0 Å². The van der Waals surface area contributed by atoms with E-state index in [2.05, 4.69) is 24.5 Å². The van der Waals surface area contributed by atoms with Gasteiger partial charge in [-0.05, 0) is 19.4 Å². The van der Waals surface area contributed by atoms with E-state index >= 15 is 0 Å². The Balaban J connectivity index is 1.76. The van der Waals surface area contributed by atoms with Crippen molar-refractivity contribution in [2.24, 2.45) is 0 Å².